The third kappa shape index (κ3) is 7.47. The van der Waals surface area contributed by atoms with Gasteiger partial charge in [0.25, 0.3) is 0 Å². The first-order valence-corrected chi connectivity index (χ1v) is 7.71. The summed E-state index contributed by atoms with van der Waals surface area (Å²) in [5.74, 6) is 0.585. The summed E-state index contributed by atoms with van der Waals surface area (Å²) in [5, 5.41) is 3.35. The zero-order valence-electron chi connectivity index (χ0n) is 13.4. The number of nitrogens with zero attached hydrogens (tertiary/aromatic N) is 1. The molecule has 126 valence electrons. The van der Waals surface area contributed by atoms with E-state index >= 15 is 0 Å². The van der Waals surface area contributed by atoms with Gasteiger partial charge in [-0.25, -0.2) is 0 Å². The Bertz CT molecular complexity index is 299. The maximum absolute atomic E-state index is 12.5. The summed E-state index contributed by atoms with van der Waals surface area (Å²) in [6.07, 6.45) is 0.157. The molecule has 1 rings (SSSR count). The van der Waals surface area contributed by atoms with Gasteiger partial charge in [-0.2, -0.15) is 13.2 Å². The third-order valence-corrected chi connectivity index (χ3v) is 4.22. The van der Waals surface area contributed by atoms with Crippen LogP contribution in [0.3, 0.4) is 0 Å². The van der Waals surface area contributed by atoms with E-state index in [1.165, 1.54) is 11.3 Å². The van der Waals surface area contributed by atoms with E-state index in [1.54, 1.807) is 14.2 Å². The van der Waals surface area contributed by atoms with Crippen LogP contribution in [0.4, 0.5) is 13.2 Å². The van der Waals surface area contributed by atoms with Crippen LogP contribution < -0.4 is 5.32 Å². The Kier molecular flexibility index (Phi) is 7.44. The predicted molar refractivity (Wildman–Crippen MR) is 78.4 cm³/mol. The molecule has 1 fully saturated rings. The molecule has 6 heteroatoms. The Morgan fingerprint density at radius 1 is 1.38 bits per heavy atom. The largest absolute Gasteiger partial charge is 0.401 e. The summed E-state index contributed by atoms with van der Waals surface area (Å²) in [5.41, 5.74) is -0.0502. The molecule has 0 bridgehead atoms. The van der Waals surface area contributed by atoms with E-state index in [0.29, 0.717) is 19.1 Å². The van der Waals surface area contributed by atoms with Gasteiger partial charge in [0.1, 0.15) is 0 Å². The van der Waals surface area contributed by atoms with Crippen LogP contribution >= 0.6 is 0 Å². The lowest BCUT2D eigenvalue weighted by atomic mass is 9.69. The van der Waals surface area contributed by atoms with Crippen molar-refractivity contribution in [2.45, 2.75) is 38.8 Å². The van der Waals surface area contributed by atoms with Gasteiger partial charge in [0.15, 0.2) is 0 Å². The number of hydrogen-bond acceptors (Lipinski definition) is 3. The normalized spacial score (nSPS) is 27.3. The molecule has 0 saturated heterocycles. The van der Waals surface area contributed by atoms with E-state index in [-0.39, 0.29) is 5.41 Å². The van der Waals surface area contributed by atoms with Crippen LogP contribution in [-0.4, -0.2) is 58.0 Å². The summed E-state index contributed by atoms with van der Waals surface area (Å²) in [6, 6.07) is 0. The number of halogens is 3. The molecule has 1 N–H and O–H groups in total. The fourth-order valence-corrected chi connectivity index (χ4v) is 3.59. The molecular formula is C15H29F3N2O. The van der Waals surface area contributed by atoms with Gasteiger partial charge in [0.2, 0.25) is 0 Å². The smallest absolute Gasteiger partial charge is 0.383 e. The molecular weight excluding hydrogens is 281 g/mol. The standard InChI is InChI=1S/C15H29F3N2O/c1-13-5-4-6-14(9-13,10-19-7-8-21-3)11-20(2)12-15(16,17)18/h13,19H,4-12H2,1-3H3. The second kappa shape index (κ2) is 8.34. The topological polar surface area (TPSA) is 24.5 Å². The van der Waals surface area contributed by atoms with Gasteiger partial charge >= 0.3 is 6.18 Å². The summed E-state index contributed by atoms with van der Waals surface area (Å²) in [7, 11) is 3.22. The maximum atomic E-state index is 12.5. The molecule has 0 aromatic carbocycles. The summed E-state index contributed by atoms with van der Waals surface area (Å²) >= 11 is 0. The Morgan fingerprint density at radius 3 is 2.67 bits per heavy atom. The lowest BCUT2D eigenvalue weighted by molar-refractivity contribution is -0.146. The second-order valence-corrected chi connectivity index (χ2v) is 6.66. The van der Waals surface area contributed by atoms with Gasteiger partial charge in [-0.05, 0) is 31.2 Å². The van der Waals surface area contributed by atoms with Crippen LogP contribution in [0.25, 0.3) is 0 Å². The average Bonchev–Trinajstić information content (AvgIpc) is 2.32. The first kappa shape index (κ1) is 18.7. The van der Waals surface area contributed by atoms with Crippen molar-refractivity contribution in [1.29, 1.82) is 0 Å². The SMILES string of the molecule is COCCNCC1(CN(C)CC(F)(F)F)CCCC(C)C1. The molecule has 1 aliphatic rings. The van der Waals surface area contributed by atoms with Gasteiger partial charge < -0.3 is 10.1 Å². The van der Waals surface area contributed by atoms with E-state index in [4.69, 9.17) is 4.74 Å². The monoisotopic (exact) mass is 310 g/mol. The van der Waals surface area contributed by atoms with Crippen molar-refractivity contribution in [3.8, 4) is 0 Å². The van der Waals surface area contributed by atoms with Crippen molar-refractivity contribution >= 4 is 0 Å². The Morgan fingerprint density at radius 2 is 2.10 bits per heavy atom. The summed E-state index contributed by atoms with van der Waals surface area (Å²) < 4.78 is 42.6. The highest BCUT2D eigenvalue weighted by atomic mass is 19.4. The highest BCUT2D eigenvalue weighted by Gasteiger charge is 2.38. The van der Waals surface area contributed by atoms with Crippen LogP contribution in [0.15, 0.2) is 0 Å². The molecule has 2 unspecified atom stereocenters. The summed E-state index contributed by atoms with van der Waals surface area (Å²) in [6.45, 7) is 4.01. The third-order valence-electron chi connectivity index (χ3n) is 4.22. The number of nitrogens with one attached hydrogen (secondary N) is 1. The van der Waals surface area contributed by atoms with Gasteiger partial charge in [-0.15, -0.1) is 0 Å². The van der Waals surface area contributed by atoms with Gasteiger partial charge in [0.05, 0.1) is 13.2 Å². The fourth-order valence-electron chi connectivity index (χ4n) is 3.59. The van der Waals surface area contributed by atoms with Crippen LogP contribution in [-0.2, 0) is 4.74 Å². The van der Waals surface area contributed by atoms with E-state index in [0.717, 1.165) is 32.4 Å². The highest BCUT2D eigenvalue weighted by molar-refractivity contribution is 4.89. The first-order valence-electron chi connectivity index (χ1n) is 7.71. The van der Waals surface area contributed by atoms with Crippen molar-refractivity contribution in [2.24, 2.45) is 11.3 Å². The first-order chi connectivity index (χ1) is 9.76. The van der Waals surface area contributed by atoms with Crippen molar-refractivity contribution < 1.29 is 17.9 Å². The van der Waals surface area contributed by atoms with Gasteiger partial charge in [-0.1, -0.05) is 19.8 Å². The number of methoxy groups -OCH3 is 1. The Labute approximate surface area is 126 Å². The number of ether oxygens (including phenoxy) is 1. The maximum Gasteiger partial charge on any atom is 0.401 e. The van der Waals surface area contributed by atoms with Crippen LogP contribution in [0.2, 0.25) is 0 Å². The number of rotatable bonds is 8. The number of alkyl halides is 3. The molecule has 1 aliphatic carbocycles. The molecule has 0 radical (unpaired) electrons. The van der Waals surface area contributed by atoms with Crippen molar-refractivity contribution in [2.75, 3.05) is 46.9 Å². The van der Waals surface area contributed by atoms with E-state index in [1.807, 2.05) is 0 Å². The zero-order chi connectivity index (χ0) is 15.9. The molecule has 3 nitrogen and oxygen atoms in total. The molecule has 2 atom stereocenters. The second-order valence-electron chi connectivity index (χ2n) is 6.66. The molecule has 0 aliphatic heterocycles. The predicted octanol–water partition coefficient (Wildman–Crippen LogP) is 2.91. The molecule has 0 spiro atoms. The molecule has 1 saturated carbocycles. The highest BCUT2D eigenvalue weighted by Crippen LogP contribution is 2.39. The van der Waals surface area contributed by atoms with Gasteiger partial charge in [0, 0.05) is 26.7 Å². The molecule has 0 aromatic heterocycles. The Balaban J connectivity index is 2.58. The van der Waals surface area contributed by atoms with E-state index < -0.39 is 12.7 Å². The quantitative estimate of drug-likeness (QED) is 0.698. The van der Waals surface area contributed by atoms with Crippen LogP contribution in [0, 0.1) is 11.3 Å². The van der Waals surface area contributed by atoms with E-state index in [2.05, 4.69) is 12.2 Å². The fraction of sp³-hybridized carbons (Fsp3) is 1.00. The van der Waals surface area contributed by atoms with Crippen molar-refractivity contribution in [3.63, 3.8) is 0 Å². The number of hydrogen-bond donors (Lipinski definition) is 1. The molecule has 0 heterocycles. The lowest BCUT2D eigenvalue weighted by Crippen LogP contribution is -2.48. The average molecular weight is 310 g/mol. The minimum Gasteiger partial charge on any atom is -0.383 e. The minimum atomic E-state index is -4.13. The minimum absolute atomic E-state index is 0.0502. The zero-order valence-corrected chi connectivity index (χ0v) is 13.4. The lowest BCUT2D eigenvalue weighted by Gasteiger charge is -2.43. The van der Waals surface area contributed by atoms with Gasteiger partial charge in [-0.3, -0.25) is 4.90 Å². The van der Waals surface area contributed by atoms with Crippen molar-refractivity contribution in [3.05, 3.63) is 0 Å². The summed E-state index contributed by atoms with van der Waals surface area (Å²) in [4.78, 5) is 1.43. The van der Waals surface area contributed by atoms with Crippen LogP contribution in [0.5, 0.6) is 0 Å². The molecule has 0 amide bonds. The molecule has 21 heavy (non-hydrogen) atoms. The van der Waals surface area contributed by atoms with Crippen molar-refractivity contribution in [1.82, 2.24) is 10.2 Å². The van der Waals surface area contributed by atoms with Crippen LogP contribution in [0.1, 0.15) is 32.6 Å². The van der Waals surface area contributed by atoms with E-state index in [9.17, 15) is 13.2 Å². The Hall–Kier alpha value is -0.330. The molecule has 0 aromatic rings.